The van der Waals surface area contributed by atoms with Crippen molar-refractivity contribution < 1.29 is 33.0 Å². The van der Waals surface area contributed by atoms with E-state index in [0.29, 0.717) is 6.54 Å². The second-order valence-electron chi connectivity index (χ2n) is 9.44. The Morgan fingerprint density at radius 3 is 2.05 bits per heavy atom. The van der Waals surface area contributed by atoms with Crippen LogP contribution in [0.5, 0.6) is 0 Å². The predicted molar refractivity (Wildman–Crippen MR) is 153 cm³/mol. The maximum absolute atomic E-state index is 11.2. The van der Waals surface area contributed by atoms with E-state index < -0.39 is 18.1 Å². The number of piperazine rings is 1. The molecule has 41 heavy (non-hydrogen) atoms. The molecule has 0 spiro atoms. The summed E-state index contributed by atoms with van der Waals surface area (Å²) in [5.41, 5.74) is 6.32. The van der Waals surface area contributed by atoms with Gasteiger partial charge in [-0.05, 0) is 67.3 Å². The number of alkyl halides is 3. The number of aliphatic carboxylic acids is 1. The minimum Gasteiger partial charge on any atom is -0.478 e. The Morgan fingerprint density at radius 2 is 1.49 bits per heavy atom. The number of halogens is 3. The van der Waals surface area contributed by atoms with Gasteiger partial charge in [0.1, 0.15) is 0 Å². The fourth-order valence-electron chi connectivity index (χ4n) is 4.22. The maximum atomic E-state index is 11.2. The van der Waals surface area contributed by atoms with Crippen LogP contribution in [0.25, 0.3) is 0 Å². The minimum atomic E-state index is -5.08. The molecule has 0 aromatic heterocycles. The summed E-state index contributed by atoms with van der Waals surface area (Å²) in [4.78, 5) is 29.7. The number of nitrogens with zero attached hydrogens (tertiary/aromatic N) is 3. The third-order valence-electron chi connectivity index (χ3n) is 6.63. The quantitative estimate of drug-likeness (QED) is 0.267. The lowest BCUT2D eigenvalue weighted by Gasteiger charge is -2.38. The van der Waals surface area contributed by atoms with E-state index >= 15 is 0 Å². The van der Waals surface area contributed by atoms with E-state index in [1.54, 1.807) is 24.3 Å². The number of carbonyl (C=O) groups is 2. The molecule has 0 unspecified atom stereocenters. The molecule has 4 rings (SSSR count). The number of guanidine groups is 1. The lowest BCUT2D eigenvalue weighted by Crippen LogP contribution is -2.51. The van der Waals surface area contributed by atoms with Crippen molar-refractivity contribution in [2.45, 2.75) is 26.4 Å². The van der Waals surface area contributed by atoms with Gasteiger partial charge in [0.2, 0.25) is 0 Å². The fourth-order valence-corrected chi connectivity index (χ4v) is 4.22. The van der Waals surface area contributed by atoms with E-state index in [-0.39, 0.29) is 5.56 Å². The zero-order valence-electron chi connectivity index (χ0n) is 22.9. The Labute approximate surface area is 236 Å². The van der Waals surface area contributed by atoms with E-state index in [2.05, 4.69) is 71.4 Å². The van der Waals surface area contributed by atoms with E-state index in [1.807, 2.05) is 6.07 Å². The van der Waals surface area contributed by atoms with Gasteiger partial charge in [-0.25, -0.2) is 9.59 Å². The van der Waals surface area contributed by atoms with Gasteiger partial charge in [-0.1, -0.05) is 42.5 Å². The molecule has 8 nitrogen and oxygen atoms in total. The number of hydrogen-bond donors (Lipinski definition) is 3. The van der Waals surface area contributed by atoms with Crippen LogP contribution in [-0.2, 0) is 11.2 Å². The van der Waals surface area contributed by atoms with Crippen LogP contribution in [-0.4, -0.2) is 71.9 Å². The first-order valence-corrected chi connectivity index (χ1v) is 13.0. The molecule has 218 valence electrons. The van der Waals surface area contributed by atoms with E-state index in [9.17, 15) is 23.1 Å². The average molecular weight is 571 g/mol. The summed E-state index contributed by atoms with van der Waals surface area (Å²) < 4.78 is 31.7. The number of benzene rings is 3. The summed E-state index contributed by atoms with van der Waals surface area (Å²) in [6.07, 6.45) is -4.22. The summed E-state index contributed by atoms with van der Waals surface area (Å²) in [5.74, 6) is -2.85. The Hall–Kier alpha value is -4.54. The van der Waals surface area contributed by atoms with Crippen LogP contribution in [0.1, 0.15) is 27.0 Å². The molecule has 0 bridgehead atoms. The van der Waals surface area contributed by atoms with Crippen LogP contribution in [0.3, 0.4) is 0 Å². The van der Waals surface area contributed by atoms with Crippen LogP contribution >= 0.6 is 0 Å². The van der Waals surface area contributed by atoms with Gasteiger partial charge >= 0.3 is 18.1 Å². The Bertz CT molecular complexity index is 1340. The van der Waals surface area contributed by atoms with E-state index in [1.165, 1.54) is 22.4 Å². The molecule has 0 aliphatic carbocycles. The Balaban J connectivity index is 0.000000587. The molecular weight excluding hydrogens is 537 g/mol. The van der Waals surface area contributed by atoms with Crippen molar-refractivity contribution in [3.63, 3.8) is 0 Å². The van der Waals surface area contributed by atoms with Crippen molar-refractivity contribution in [2.24, 2.45) is 4.99 Å². The van der Waals surface area contributed by atoms with Crippen molar-refractivity contribution in [3.8, 4) is 0 Å². The van der Waals surface area contributed by atoms with Crippen LogP contribution in [0, 0.1) is 13.8 Å². The van der Waals surface area contributed by atoms with Crippen LogP contribution < -0.4 is 10.2 Å². The molecule has 11 heteroatoms. The third kappa shape index (κ3) is 9.26. The highest BCUT2D eigenvalue weighted by Crippen LogP contribution is 2.24. The highest BCUT2D eigenvalue weighted by atomic mass is 19.4. The second-order valence-corrected chi connectivity index (χ2v) is 9.44. The number of carboxylic acid groups (broad SMARTS) is 2. The summed E-state index contributed by atoms with van der Waals surface area (Å²) in [6.45, 7) is 8.58. The third-order valence-corrected chi connectivity index (χ3v) is 6.63. The van der Waals surface area contributed by atoms with Crippen LogP contribution in [0.15, 0.2) is 77.8 Å². The van der Waals surface area contributed by atoms with Crippen molar-refractivity contribution >= 4 is 29.3 Å². The SMILES string of the molecule is Cc1cccc(N2CCN(C(=NCCc3ccccc3)Nc3ccc(C(=O)O)cc3)CC2)c1C.O=C(O)C(F)(F)F. The second kappa shape index (κ2) is 14.2. The highest BCUT2D eigenvalue weighted by molar-refractivity contribution is 5.95. The smallest absolute Gasteiger partial charge is 0.478 e. The molecule has 0 radical (unpaired) electrons. The highest BCUT2D eigenvalue weighted by Gasteiger charge is 2.38. The molecule has 3 aromatic carbocycles. The topological polar surface area (TPSA) is 105 Å². The van der Waals surface area contributed by atoms with Gasteiger partial charge in [0.15, 0.2) is 5.96 Å². The minimum absolute atomic E-state index is 0.273. The zero-order valence-corrected chi connectivity index (χ0v) is 22.9. The number of rotatable bonds is 6. The summed E-state index contributed by atoms with van der Waals surface area (Å²) in [6, 6.07) is 23.7. The van der Waals surface area contributed by atoms with Crippen molar-refractivity contribution in [1.82, 2.24) is 4.90 Å². The fraction of sp³-hybridized carbons (Fsp3) is 0.300. The zero-order chi connectivity index (χ0) is 30.0. The first-order chi connectivity index (χ1) is 19.5. The first-order valence-electron chi connectivity index (χ1n) is 13.0. The van der Waals surface area contributed by atoms with Crippen molar-refractivity contribution in [2.75, 3.05) is 42.9 Å². The monoisotopic (exact) mass is 570 g/mol. The summed E-state index contributed by atoms with van der Waals surface area (Å²) in [7, 11) is 0. The number of aliphatic imine (C=N–C) groups is 1. The molecule has 0 saturated carbocycles. The maximum Gasteiger partial charge on any atom is 0.490 e. The normalized spacial score (nSPS) is 13.7. The number of carboxylic acids is 2. The summed E-state index contributed by atoms with van der Waals surface area (Å²) >= 11 is 0. The number of nitrogens with one attached hydrogen (secondary N) is 1. The van der Waals surface area contributed by atoms with Gasteiger partial charge in [0.25, 0.3) is 0 Å². The molecule has 0 atom stereocenters. The van der Waals surface area contributed by atoms with E-state index in [0.717, 1.165) is 44.2 Å². The van der Waals surface area contributed by atoms with Gasteiger partial charge in [-0.3, -0.25) is 4.99 Å². The molecule has 3 aromatic rings. The van der Waals surface area contributed by atoms with Gasteiger partial charge in [-0.15, -0.1) is 0 Å². The van der Waals surface area contributed by atoms with Gasteiger partial charge in [-0.2, -0.15) is 13.2 Å². The molecule has 1 aliphatic rings. The standard InChI is InChI=1S/C28H32N4O2.C2HF3O2/c1-21-7-6-10-26(22(21)2)31-17-19-32(20-18-31)28(29-16-15-23-8-4-3-5-9-23)30-25-13-11-24(12-14-25)27(33)34;3-2(4,5)1(6)7/h3-14H,15-20H2,1-2H3,(H,29,30)(H,33,34);(H,6,7). The van der Waals surface area contributed by atoms with Gasteiger partial charge in [0, 0.05) is 44.1 Å². The number of hydrogen-bond acceptors (Lipinski definition) is 4. The molecule has 3 N–H and O–H groups in total. The lowest BCUT2D eigenvalue weighted by molar-refractivity contribution is -0.192. The average Bonchev–Trinajstić information content (AvgIpc) is 2.95. The molecule has 1 aliphatic heterocycles. The number of anilines is 2. The van der Waals surface area contributed by atoms with E-state index in [4.69, 9.17) is 14.9 Å². The van der Waals surface area contributed by atoms with Crippen molar-refractivity contribution in [3.05, 3.63) is 95.1 Å². The first kappa shape index (κ1) is 31.0. The largest absolute Gasteiger partial charge is 0.490 e. The Kier molecular flexibility index (Phi) is 10.7. The van der Waals surface area contributed by atoms with Crippen LogP contribution in [0.2, 0.25) is 0 Å². The molecule has 1 fully saturated rings. The van der Waals surface area contributed by atoms with Crippen molar-refractivity contribution in [1.29, 1.82) is 0 Å². The Morgan fingerprint density at radius 1 is 0.878 bits per heavy atom. The predicted octanol–water partition coefficient (Wildman–Crippen LogP) is 5.47. The number of aromatic carboxylic acids is 1. The van der Waals surface area contributed by atoms with Crippen LogP contribution in [0.4, 0.5) is 24.5 Å². The van der Waals surface area contributed by atoms with Gasteiger partial charge < -0.3 is 25.3 Å². The molecular formula is C30H33F3N4O4. The summed E-state index contributed by atoms with van der Waals surface area (Å²) in [5, 5.41) is 19.7. The lowest BCUT2D eigenvalue weighted by atomic mass is 10.1. The number of aryl methyl sites for hydroxylation is 1. The molecule has 1 saturated heterocycles. The van der Waals surface area contributed by atoms with Gasteiger partial charge in [0.05, 0.1) is 5.56 Å². The molecule has 0 amide bonds. The molecule has 1 heterocycles.